The summed E-state index contributed by atoms with van der Waals surface area (Å²) in [6.45, 7) is 0. The van der Waals surface area contributed by atoms with Crippen LogP contribution in [-0.4, -0.2) is 101 Å². The van der Waals surface area contributed by atoms with Gasteiger partial charge in [0.1, 0.15) is 0 Å². The van der Waals surface area contributed by atoms with Crippen LogP contribution in [0.25, 0.3) is 117 Å². The van der Waals surface area contributed by atoms with Crippen LogP contribution in [0.2, 0.25) is 5.15 Å². The summed E-state index contributed by atoms with van der Waals surface area (Å²) in [6, 6.07) is 63.7. The third-order valence-electron chi connectivity index (χ3n) is 18.7. The second-order valence-corrected chi connectivity index (χ2v) is 30.4. The summed E-state index contributed by atoms with van der Waals surface area (Å²) >= 11 is 12.6. The van der Waals surface area contributed by atoms with Crippen molar-refractivity contribution in [2.24, 2.45) is 0 Å². The number of hydrogen-bond acceptors (Lipinski definition) is 28. The molecule has 0 aliphatic carbocycles. The molecule has 28 nitrogen and oxygen atoms in total. The van der Waals surface area contributed by atoms with Crippen LogP contribution in [0.5, 0.6) is 0 Å². The average molecular weight is 1620 g/mol. The topological polar surface area (TPSA) is 366 Å². The third kappa shape index (κ3) is 15.2. The van der Waals surface area contributed by atoms with E-state index in [0.717, 1.165) is 180 Å². The van der Waals surface area contributed by atoms with Crippen LogP contribution in [0.15, 0.2) is 271 Å². The number of aromatic nitrogens is 20. The first-order valence-electron chi connectivity index (χ1n) is 36.3. The molecule has 0 radical (unpaired) electrons. The van der Waals surface area contributed by atoms with Gasteiger partial charge >= 0.3 is 0 Å². The number of rotatable bonds is 16. The standard InChI is InChI=1S/3C22H15N7S.C18H12ClN7S/c1-4-17-15(3-2-9-23-17)18(5-1)26-22-27-19-8-10-30-20(19)21(28-22)25-14-6-7-16-13(11-14)12-24-29-16;1-2-13-10-16(3-5-17(13)23-8-1)26-22-27-19-7-9-30-20(19)21(28-22)25-15-4-6-18-14(11-15)12-24-29-18;1-2-13-11-23-8-6-16(13)18(3-1)26-22-27-19-7-9-30-20(19)21(28-22)25-15-4-5-17-14(10-15)12-24-29-17;19-16-14(2-1-6-20-16)24-18-23-13-5-7-27-15(13)17(25-18)22-11-3-4-12-10(8-11)9-21-26-12/h3*1-12H,(H,24,29)(H2,25,26,27,28);1-9H,(H,21,26)(H2,22,23,24,25). The predicted molar refractivity (Wildman–Crippen MR) is 475 cm³/mol. The highest BCUT2D eigenvalue weighted by molar-refractivity contribution is 7.18. The molecule has 16 aromatic heterocycles. The minimum absolute atomic E-state index is 0.367. The molecule has 0 aliphatic heterocycles. The van der Waals surface area contributed by atoms with Gasteiger partial charge in [0.05, 0.1) is 110 Å². The van der Waals surface area contributed by atoms with Crippen LogP contribution >= 0.6 is 56.9 Å². The average Bonchev–Trinajstić information content (AvgIpc) is 1.77. The lowest BCUT2D eigenvalue weighted by Crippen LogP contribution is -2.02. The Morgan fingerprint density at radius 1 is 0.265 bits per heavy atom. The van der Waals surface area contributed by atoms with Gasteiger partial charge in [-0.2, -0.15) is 40.3 Å². The Labute approximate surface area is 681 Å². The number of halogens is 1. The highest BCUT2D eigenvalue weighted by Crippen LogP contribution is 2.38. The van der Waals surface area contributed by atoms with E-state index in [-0.39, 0.29) is 0 Å². The van der Waals surface area contributed by atoms with Crippen molar-refractivity contribution in [2.75, 3.05) is 42.5 Å². The molecule has 0 fully saturated rings. The Bertz CT molecular complexity index is 7350. The fraction of sp³-hybridized carbons (Fsp3) is 0. The number of pyridine rings is 4. The number of thiophene rings is 4. The fourth-order valence-electron chi connectivity index (χ4n) is 13.2. The molecule has 564 valence electrons. The van der Waals surface area contributed by atoms with Crippen molar-refractivity contribution in [2.45, 2.75) is 0 Å². The first-order chi connectivity index (χ1) is 57.7. The quantitative estimate of drug-likeness (QED) is 0.0400. The Balaban J connectivity index is 0.000000100. The monoisotopic (exact) mass is 1620 g/mol. The number of fused-ring (bicyclic) bond motifs is 11. The normalized spacial score (nSPS) is 11.3. The minimum Gasteiger partial charge on any atom is -0.339 e. The molecule has 0 bridgehead atoms. The van der Waals surface area contributed by atoms with E-state index in [9.17, 15) is 0 Å². The maximum atomic E-state index is 6.13. The molecule has 23 rings (SSSR count). The van der Waals surface area contributed by atoms with Crippen molar-refractivity contribution < 1.29 is 0 Å². The first kappa shape index (κ1) is 70.7. The molecule has 0 atom stereocenters. The van der Waals surface area contributed by atoms with Crippen molar-refractivity contribution in [3.05, 3.63) is 277 Å². The Kier molecular flexibility index (Phi) is 18.9. The lowest BCUT2D eigenvalue weighted by molar-refractivity contribution is 1.12. The summed E-state index contributed by atoms with van der Waals surface area (Å²) < 4.78 is 4.00. The van der Waals surface area contributed by atoms with E-state index in [2.05, 4.69) is 118 Å². The van der Waals surface area contributed by atoms with E-state index in [4.69, 9.17) is 36.5 Å². The molecular weight excluding hydrogens is 1560 g/mol. The number of aromatic amines is 4. The number of benzene rings is 7. The second kappa shape index (κ2) is 31.3. The predicted octanol–water partition coefficient (Wildman–Crippen LogP) is 21.9. The van der Waals surface area contributed by atoms with Gasteiger partial charge in [-0.3, -0.25) is 35.3 Å². The SMILES string of the molecule is Clc1ncccc1Nc1nc(Nc2ccc3[nH]ncc3c2)c2sccc2n1.c1cc(Nc2nc(Nc3ccc4[nH]ncc4c3)c3sccc3n2)c2cccnc2c1.c1cc(Nc2nc(Nc3ccc4[nH]ncc4c3)c3sccc3n2)c2ccncc2c1.c1cnc2ccc(Nc3nc(Nc4ccc5[nH]ncc5c4)c4sccc4n3)cc2c1. The molecule has 0 spiro atoms. The van der Waals surface area contributed by atoms with Gasteiger partial charge in [-0.1, -0.05) is 35.9 Å². The van der Waals surface area contributed by atoms with Gasteiger partial charge in [0.25, 0.3) is 0 Å². The lowest BCUT2D eigenvalue weighted by Gasteiger charge is -2.11. The zero-order valence-corrected chi connectivity index (χ0v) is 64.7. The van der Waals surface area contributed by atoms with Gasteiger partial charge in [0.15, 0.2) is 28.4 Å². The third-order valence-corrected chi connectivity index (χ3v) is 22.7. The van der Waals surface area contributed by atoms with Crippen molar-refractivity contribution in [1.29, 1.82) is 0 Å². The summed E-state index contributed by atoms with van der Waals surface area (Å²) in [5.74, 6) is 5.07. The van der Waals surface area contributed by atoms with Gasteiger partial charge < -0.3 is 42.5 Å². The molecule has 33 heteroatoms. The second-order valence-electron chi connectivity index (χ2n) is 26.3. The van der Waals surface area contributed by atoms with E-state index in [1.165, 1.54) is 0 Å². The van der Waals surface area contributed by atoms with Crippen LogP contribution in [0.4, 0.5) is 92.6 Å². The van der Waals surface area contributed by atoms with Crippen molar-refractivity contribution in [1.82, 2.24) is 101 Å². The molecule has 0 saturated carbocycles. The Morgan fingerprint density at radius 3 is 1.12 bits per heavy atom. The lowest BCUT2D eigenvalue weighted by atomic mass is 10.1. The van der Waals surface area contributed by atoms with Crippen LogP contribution in [0.3, 0.4) is 0 Å². The van der Waals surface area contributed by atoms with Gasteiger partial charge in [-0.15, -0.1) is 45.3 Å². The van der Waals surface area contributed by atoms with E-state index in [1.54, 1.807) is 82.4 Å². The van der Waals surface area contributed by atoms with E-state index in [1.807, 2.05) is 234 Å². The molecular formula is C84H57ClN28S4. The molecule has 23 aromatic rings. The van der Waals surface area contributed by atoms with E-state index in [0.29, 0.717) is 34.6 Å². The van der Waals surface area contributed by atoms with Crippen LogP contribution in [0, 0.1) is 0 Å². The van der Waals surface area contributed by atoms with Crippen molar-refractivity contribution in [3.8, 4) is 0 Å². The van der Waals surface area contributed by atoms with Gasteiger partial charge in [-0.25, -0.2) is 24.9 Å². The van der Waals surface area contributed by atoms with Gasteiger partial charge in [0, 0.05) is 108 Å². The zero-order chi connectivity index (χ0) is 78.0. The van der Waals surface area contributed by atoms with Crippen LogP contribution < -0.4 is 42.5 Å². The highest BCUT2D eigenvalue weighted by atomic mass is 35.5. The molecule has 12 N–H and O–H groups in total. The van der Waals surface area contributed by atoms with Crippen LogP contribution in [-0.2, 0) is 0 Å². The smallest absolute Gasteiger partial charge is 0.229 e. The highest BCUT2D eigenvalue weighted by Gasteiger charge is 2.18. The molecule has 0 unspecified atom stereocenters. The van der Waals surface area contributed by atoms with Gasteiger partial charge in [-0.05, 0) is 191 Å². The molecule has 117 heavy (non-hydrogen) atoms. The maximum Gasteiger partial charge on any atom is 0.229 e. The number of anilines is 16. The summed E-state index contributed by atoms with van der Waals surface area (Å²) in [5, 5.41) is 71.9. The van der Waals surface area contributed by atoms with Crippen molar-refractivity contribution in [3.63, 3.8) is 0 Å². The number of H-pyrrole nitrogens is 4. The fourth-order valence-corrected chi connectivity index (χ4v) is 16.5. The number of nitrogens with one attached hydrogen (secondary N) is 12. The number of nitrogens with zero attached hydrogens (tertiary/aromatic N) is 16. The molecule has 16 heterocycles. The Morgan fingerprint density at radius 2 is 0.641 bits per heavy atom. The Hall–Kier alpha value is -15.4. The summed E-state index contributed by atoms with van der Waals surface area (Å²) in [4.78, 5) is 54.6. The maximum absolute atomic E-state index is 6.13. The molecule has 7 aromatic carbocycles. The molecule has 0 amide bonds. The van der Waals surface area contributed by atoms with E-state index < -0.39 is 0 Å². The number of hydrogen-bond donors (Lipinski definition) is 12. The first-order valence-corrected chi connectivity index (χ1v) is 40.2. The van der Waals surface area contributed by atoms with E-state index >= 15 is 0 Å². The summed E-state index contributed by atoms with van der Waals surface area (Å²) in [6.07, 6.45) is 16.1. The molecule has 0 saturated heterocycles. The van der Waals surface area contributed by atoms with Crippen LogP contribution in [0.1, 0.15) is 0 Å². The zero-order valence-electron chi connectivity index (χ0n) is 60.6. The van der Waals surface area contributed by atoms with Crippen molar-refractivity contribution >= 4 is 267 Å². The largest absolute Gasteiger partial charge is 0.339 e. The minimum atomic E-state index is 0.367. The summed E-state index contributed by atoms with van der Waals surface area (Å²) in [7, 11) is 0. The van der Waals surface area contributed by atoms with Gasteiger partial charge in [0.2, 0.25) is 23.8 Å². The summed E-state index contributed by atoms with van der Waals surface area (Å²) in [5.41, 5.74) is 16.6. The molecule has 0 aliphatic rings.